The Hall–Kier alpha value is -1.69. The summed E-state index contributed by atoms with van der Waals surface area (Å²) < 4.78 is 7.47. The first-order valence-corrected chi connectivity index (χ1v) is 7.35. The number of likely N-dealkylation sites (tertiary alicyclic amines) is 1. The molecule has 2 aliphatic rings. The molecule has 0 bridgehead atoms. The van der Waals surface area contributed by atoms with Crippen molar-refractivity contribution in [2.45, 2.75) is 44.2 Å². The zero-order valence-corrected chi connectivity index (χ0v) is 11.7. The van der Waals surface area contributed by atoms with Gasteiger partial charge in [0.25, 0.3) is 0 Å². The summed E-state index contributed by atoms with van der Waals surface area (Å²) in [7, 11) is 2.03. The third-order valence-electron chi connectivity index (χ3n) is 4.31. The van der Waals surface area contributed by atoms with Crippen LogP contribution in [-0.4, -0.2) is 31.1 Å². The molecule has 1 aliphatic heterocycles. The first-order chi connectivity index (χ1) is 9.81. The second-order valence-electron chi connectivity index (χ2n) is 5.85. The third kappa shape index (κ3) is 2.14. The van der Waals surface area contributed by atoms with Gasteiger partial charge >= 0.3 is 0 Å². The average Bonchev–Trinajstić information content (AvgIpc) is 2.87. The molecule has 20 heavy (non-hydrogen) atoms. The Labute approximate surface area is 117 Å². The van der Waals surface area contributed by atoms with Gasteiger partial charge in [-0.3, -0.25) is 4.90 Å². The van der Waals surface area contributed by atoms with Crippen LogP contribution in [-0.2, 0) is 13.6 Å². The molecule has 1 atom stereocenters. The molecule has 1 aliphatic carbocycles. The first-order valence-electron chi connectivity index (χ1n) is 7.35. The van der Waals surface area contributed by atoms with Crippen LogP contribution in [0.2, 0.25) is 0 Å². The second kappa shape index (κ2) is 4.70. The van der Waals surface area contributed by atoms with E-state index in [1.807, 2.05) is 19.4 Å². The van der Waals surface area contributed by atoms with Gasteiger partial charge in [-0.05, 0) is 32.2 Å². The van der Waals surface area contributed by atoms with Crippen LogP contribution < -0.4 is 0 Å². The van der Waals surface area contributed by atoms with Gasteiger partial charge in [-0.2, -0.15) is 4.98 Å². The van der Waals surface area contributed by atoms with Crippen molar-refractivity contribution in [3.8, 4) is 0 Å². The molecule has 4 rings (SSSR count). The molecule has 2 fully saturated rings. The van der Waals surface area contributed by atoms with Gasteiger partial charge in [0.15, 0.2) is 5.82 Å². The molecule has 0 aromatic carbocycles. The van der Waals surface area contributed by atoms with Gasteiger partial charge in [0, 0.05) is 25.4 Å². The largest absolute Gasteiger partial charge is 0.339 e. The maximum absolute atomic E-state index is 5.40. The smallest absolute Gasteiger partial charge is 0.229 e. The van der Waals surface area contributed by atoms with Crippen LogP contribution in [0.15, 0.2) is 16.9 Å². The topological polar surface area (TPSA) is 60.0 Å². The molecule has 6 nitrogen and oxygen atoms in total. The van der Waals surface area contributed by atoms with Crippen molar-refractivity contribution in [1.29, 1.82) is 0 Å². The minimum absolute atomic E-state index is 0.281. The SMILES string of the molecule is Cn1ccnc1CN1CCC[C@H]1c1noc(C2CC2)n1. The quantitative estimate of drug-likeness (QED) is 0.853. The molecule has 2 aromatic heterocycles. The molecule has 0 N–H and O–H groups in total. The number of rotatable bonds is 4. The van der Waals surface area contributed by atoms with Crippen molar-refractivity contribution in [3.63, 3.8) is 0 Å². The molecule has 3 heterocycles. The summed E-state index contributed by atoms with van der Waals surface area (Å²) in [6.45, 7) is 1.92. The van der Waals surface area contributed by atoms with Crippen molar-refractivity contribution >= 4 is 0 Å². The molecule has 0 radical (unpaired) electrons. The number of nitrogens with zero attached hydrogens (tertiary/aromatic N) is 5. The maximum Gasteiger partial charge on any atom is 0.229 e. The van der Waals surface area contributed by atoms with Crippen molar-refractivity contribution < 1.29 is 4.52 Å². The summed E-state index contributed by atoms with van der Waals surface area (Å²) in [4.78, 5) is 11.4. The average molecular weight is 273 g/mol. The lowest BCUT2D eigenvalue weighted by Crippen LogP contribution is -2.25. The predicted molar refractivity (Wildman–Crippen MR) is 71.9 cm³/mol. The van der Waals surface area contributed by atoms with Gasteiger partial charge in [-0.25, -0.2) is 4.98 Å². The van der Waals surface area contributed by atoms with Crippen LogP contribution in [0, 0.1) is 0 Å². The molecule has 1 saturated heterocycles. The Morgan fingerprint density at radius 3 is 3.00 bits per heavy atom. The minimum Gasteiger partial charge on any atom is -0.339 e. The van der Waals surface area contributed by atoms with E-state index in [-0.39, 0.29) is 6.04 Å². The van der Waals surface area contributed by atoms with Crippen molar-refractivity contribution in [2.24, 2.45) is 7.05 Å². The van der Waals surface area contributed by atoms with Crippen LogP contribution in [0.1, 0.15) is 55.2 Å². The highest BCUT2D eigenvalue weighted by molar-refractivity contribution is 5.06. The summed E-state index contributed by atoms with van der Waals surface area (Å²) in [5.41, 5.74) is 0. The Morgan fingerprint density at radius 1 is 1.35 bits per heavy atom. The van der Waals surface area contributed by atoms with E-state index in [1.165, 1.54) is 19.3 Å². The number of aromatic nitrogens is 4. The molecule has 1 saturated carbocycles. The molecular formula is C14H19N5O. The van der Waals surface area contributed by atoms with Crippen LogP contribution in [0.5, 0.6) is 0 Å². The van der Waals surface area contributed by atoms with Crippen molar-refractivity contribution in [1.82, 2.24) is 24.6 Å². The maximum atomic E-state index is 5.40. The van der Waals surface area contributed by atoms with E-state index < -0.39 is 0 Å². The minimum atomic E-state index is 0.281. The Balaban J connectivity index is 1.52. The number of aryl methyl sites for hydroxylation is 1. The summed E-state index contributed by atoms with van der Waals surface area (Å²) in [6.07, 6.45) is 8.52. The summed E-state index contributed by atoms with van der Waals surface area (Å²) in [5, 5.41) is 4.21. The summed E-state index contributed by atoms with van der Waals surface area (Å²) >= 11 is 0. The van der Waals surface area contributed by atoms with Gasteiger partial charge in [0.05, 0.1) is 12.6 Å². The predicted octanol–water partition coefficient (Wildman–Crippen LogP) is 2.02. The standard InChI is InChI=1S/C14H19N5O/c1-18-8-6-15-12(18)9-19-7-2-3-11(19)13-16-14(20-17-13)10-4-5-10/h6,8,10-11H,2-5,7,9H2,1H3/t11-/m0/s1. The molecule has 0 spiro atoms. The molecule has 106 valence electrons. The monoisotopic (exact) mass is 273 g/mol. The Morgan fingerprint density at radius 2 is 2.25 bits per heavy atom. The highest BCUT2D eigenvalue weighted by Crippen LogP contribution is 2.40. The molecule has 0 unspecified atom stereocenters. The first kappa shape index (κ1) is 12.1. The third-order valence-corrected chi connectivity index (χ3v) is 4.31. The normalized spacial score (nSPS) is 23.6. The fourth-order valence-corrected chi connectivity index (χ4v) is 2.92. The lowest BCUT2D eigenvalue weighted by atomic mass is 10.2. The van der Waals surface area contributed by atoms with E-state index in [0.717, 1.165) is 37.0 Å². The number of hydrogen-bond donors (Lipinski definition) is 0. The van der Waals surface area contributed by atoms with Crippen LogP contribution in [0.3, 0.4) is 0 Å². The van der Waals surface area contributed by atoms with E-state index in [0.29, 0.717) is 5.92 Å². The number of imidazole rings is 1. The van der Waals surface area contributed by atoms with E-state index >= 15 is 0 Å². The zero-order valence-electron chi connectivity index (χ0n) is 11.7. The fraction of sp³-hybridized carbons (Fsp3) is 0.643. The highest BCUT2D eigenvalue weighted by atomic mass is 16.5. The highest BCUT2D eigenvalue weighted by Gasteiger charge is 2.34. The van der Waals surface area contributed by atoms with Crippen molar-refractivity contribution in [2.75, 3.05) is 6.54 Å². The molecule has 2 aromatic rings. The van der Waals surface area contributed by atoms with Crippen molar-refractivity contribution in [3.05, 3.63) is 29.9 Å². The fourth-order valence-electron chi connectivity index (χ4n) is 2.92. The van der Waals surface area contributed by atoms with Crippen LogP contribution in [0.4, 0.5) is 0 Å². The van der Waals surface area contributed by atoms with E-state index in [2.05, 4.69) is 24.6 Å². The Bertz CT molecular complexity index is 600. The molecular weight excluding hydrogens is 254 g/mol. The van der Waals surface area contributed by atoms with Gasteiger partial charge in [-0.1, -0.05) is 5.16 Å². The Kier molecular flexibility index (Phi) is 2.84. The van der Waals surface area contributed by atoms with Gasteiger partial charge in [-0.15, -0.1) is 0 Å². The summed E-state index contributed by atoms with van der Waals surface area (Å²) in [6, 6.07) is 0.281. The van der Waals surface area contributed by atoms with Gasteiger partial charge in [0.2, 0.25) is 5.89 Å². The van der Waals surface area contributed by atoms with Crippen LogP contribution in [0.25, 0.3) is 0 Å². The number of hydrogen-bond acceptors (Lipinski definition) is 5. The van der Waals surface area contributed by atoms with E-state index in [1.54, 1.807) is 0 Å². The zero-order chi connectivity index (χ0) is 13.5. The second-order valence-corrected chi connectivity index (χ2v) is 5.85. The van der Waals surface area contributed by atoms with E-state index in [4.69, 9.17) is 4.52 Å². The lowest BCUT2D eigenvalue weighted by molar-refractivity contribution is 0.226. The lowest BCUT2D eigenvalue weighted by Gasteiger charge is -2.21. The molecule has 6 heteroatoms. The van der Waals surface area contributed by atoms with Gasteiger partial charge in [0.1, 0.15) is 5.82 Å². The van der Waals surface area contributed by atoms with E-state index in [9.17, 15) is 0 Å². The van der Waals surface area contributed by atoms with Crippen LogP contribution >= 0.6 is 0 Å². The molecule has 0 amide bonds. The van der Waals surface area contributed by atoms with Gasteiger partial charge < -0.3 is 9.09 Å². The summed E-state index contributed by atoms with van der Waals surface area (Å²) in [5.74, 6) is 3.31.